The quantitative estimate of drug-likeness (QED) is 0.831. The molecule has 5 heteroatoms. The Kier molecular flexibility index (Phi) is 4.97. The molecule has 1 aliphatic carbocycles. The SMILES string of the molecule is CCC1(C(=O)O)CCC2(CCN(C(=O)OC(C)(C)C)CC2)CC1. The number of rotatable bonds is 2. The second kappa shape index (κ2) is 6.33. The van der Waals surface area contributed by atoms with Crippen LogP contribution in [0.1, 0.15) is 72.6 Å². The molecule has 2 rings (SSSR count). The van der Waals surface area contributed by atoms with Gasteiger partial charge in [0.15, 0.2) is 0 Å². The molecule has 0 radical (unpaired) electrons. The summed E-state index contributed by atoms with van der Waals surface area (Å²) in [6, 6.07) is 0. The van der Waals surface area contributed by atoms with E-state index in [2.05, 4.69) is 0 Å². The molecule has 0 aromatic rings. The third kappa shape index (κ3) is 3.99. The summed E-state index contributed by atoms with van der Waals surface area (Å²) in [5, 5.41) is 9.53. The van der Waals surface area contributed by atoms with Crippen LogP contribution in [0, 0.1) is 10.8 Å². The number of hydrogen-bond acceptors (Lipinski definition) is 3. The number of carboxylic acids is 1. The number of nitrogens with zero attached hydrogens (tertiary/aromatic N) is 1. The van der Waals surface area contributed by atoms with E-state index in [9.17, 15) is 14.7 Å². The van der Waals surface area contributed by atoms with Crippen LogP contribution in [-0.2, 0) is 9.53 Å². The third-order valence-electron chi connectivity index (χ3n) is 5.87. The molecule has 1 spiro atoms. The highest BCUT2D eigenvalue weighted by atomic mass is 16.6. The highest BCUT2D eigenvalue weighted by molar-refractivity contribution is 5.74. The van der Waals surface area contributed by atoms with Crippen molar-refractivity contribution in [2.45, 2.75) is 78.2 Å². The van der Waals surface area contributed by atoms with E-state index in [0.717, 1.165) is 51.6 Å². The number of carbonyl (C=O) groups is 2. The average molecular weight is 325 g/mol. The van der Waals surface area contributed by atoms with Gasteiger partial charge in [-0.1, -0.05) is 6.92 Å². The number of carbonyl (C=O) groups excluding carboxylic acids is 1. The fourth-order valence-corrected chi connectivity index (χ4v) is 3.97. The summed E-state index contributed by atoms with van der Waals surface area (Å²) in [4.78, 5) is 25.5. The molecule has 0 bridgehead atoms. The van der Waals surface area contributed by atoms with Crippen LogP contribution in [0.2, 0.25) is 0 Å². The summed E-state index contributed by atoms with van der Waals surface area (Å²) in [5.41, 5.74) is -0.751. The maximum atomic E-state index is 12.1. The minimum absolute atomic E-state index is 0.225. The lowest BCUT2D eigenvalue weighted by molar-refractivity contribution is -0.153. The molecule has 132 valence electrons. The summed E-state index contributed by atoms with van der Waals surface area (Å²) in [6.45, 7) is 9.08. The standard InChI is InChI=1S/C18H31NO4/c1-5-18(14(20)21)8-6-17(7-9-18)10-12-19(13-11-17)15(22)23-16(2,3)4/h5-13H2,1-4H3,(H,20,21). The molecule has 1 saturated carbocycles. The molecule has 2 aliphatic rings. The van der Waals surface area contributed by atoms with Crippen molar-refractivity contribution in [3.8, 4) is 0 Å². The first-order chi connectivity index (χ1) is 10.6. The third-order valence-corrected chi connectivity index (χ3v) is 5.87. The van der Waals surface area contributed by atoms with Gasteiger partial charge in [-0.05, 0) is 71.1 Å². The molecule has 1 aliphatic heterocycles. The van der Waals surface area contributed by atoms with E-state index in [1.54, 1.807) is 4.90 Å². The second-order valence-electron chi connectivity index (χ2n) is 8.41. The molecule has 2 fully saturated rings. The van der Waals surface area contributed by atoms with Crippen molar-refractivity contribution < 1.29 is 19.4 Å². The fourth-order valence-electron chi connectivity index (χ4n) is 3.97. The molecule has 1 amide bonds. The zero-order valence-corrected chi connectivity index (χ0v) is 15.0. The van der Waals surface area contributed by atoms with E-state index >= 15 is 0 Å². The van der Waals surface area contributed by atoms with Crippen LogP contribution in [0.15, 0.2) is 0 Å². The largest absolute Gasteiger partial charge is 0.481 e. The van der Waals surface area contributed by atoms with E-state index in [-0.39, 0.29) is 11.5 Å². The number of ether oxygens (including phenoxy) is 1. The van der Waals surface area contributed by atoms with Crippen molar-refractivity contribution in [3.63, 3.8) is 0 Å². The molecule has 0 unspecified atom stereocenters. The van der Waals surface area contributed by atoms with Crippen molar-refractivity contribution in [3.05, 3.63) is 0 Å². The predicted molar refractivity (Wildman–Crippen MR) is 88.3 cm³/mol. The number of likely N-dealkylation sites (tertiary alicyclic amines) is 1. The van der Waals surface area contributed by atoms with Gasteiger partial charge in [0.1, 0.15) is 5.60 Å². The minimum atomic E-state index is -0.638. The Bertz CT molecular complexity index is 448. The molecule has 23 heavy (non-hydrogen) atoms. The van der Waals surface area contributed by atoms with Crippen molar-refractivity contribution in [1.29, 1.82) is 0 Å². The summed E-state index contributed by atoms with van der Waals surface area (Å²) in [6.07, 6.45) is 5.89. The molecule has 5 nitrogen and oxygen atoms in total. The van der Waals surface area contributed by atoms with Crippen molar-refractivity contribution in [2.75, 3.05) is 13.1 Å². The monoisotopic (exact) mass is 325 g/mol. The van der Waals surface area contributed by atoms with Crippen LogP contribution < -0.4 is 0 Å². The van der Waals surface area contributed by atoms with Crippen molar-refractivity contribution >= 4 is 12.1 Å². The van der Waals surface area contributed by atoms with Crippen LogP contribution >= 0.6 is 0 Å². The molecular formula is C18H31NO4. The van der Waals surface area contributed by atoms with Crippen LogP contribution in [0.5, 0.6) is 0 Å². The van der Waals surface area contributed by atoms with Gasteiger partial charge in [-0.3, -0.25) is 4.79 Å². The van der Waals surface area contributed by atoms with Gasteiger partial charge in [0.2, 0.25) is 0 Å². The lowest BCUT2D eigenvalue weighted by Crippen LogP contribution is -2.48. The summed E-state index contributed by atoms with van der Waals surface area (Å²) < 4.78 is 5.44. The maximum absolute atomic E-state index is 12.1. The first-order valence-electron chi connectivity index (χ1n) is 8.83. The molecular weight excluding hydrogens is 294 g/mol. The lowest BCUT2D eigenvalue weighted by Gasteiger charge is -2.48. The average Bonchev–Trinajstić information content (AvgIpc) is 2.47. The smallest absolute Gasteiger partial charge is 0.410 e. The van der Waals surface area contributed by atoms with Crippen molar-refractivity contribution in [1.82, 2.24) is 4.90 Å². The lowest BCUT2D eigenvalue weighted by atomic mass is 9.59. The van der Waals surface area contributed by atoms with Gasteiger partial charge in [-0.25, -0.2) is 4.79 Å². The maximum Gasteiger partial charge on any atom is 0.410 e. The topological polar surface area (TPSA) is 66.8 Å². The Morgan fingerprint density at radius 3 is 1.96 bits per heavy atom. The second-order valence-corrected chi connectivity index (χ2v) is 8.41. The first-order valence-corrected chi connectivity index (χ1v) is 8.83. The molecule has 1 heterocycles. The number of aliphatic carboxylic acids is 1. The van der Waals surface area contributed by atoms with Crippen LogP contribution in [0.3, 0.4) is 0 Å². The first kappa shape index (κ1) is 18.1. The normalized spacial score (nSPS) is 23.6. The van der Waals surface area contributed by atoms with Gasteiger partial charge < -0.3 is 14.7 Å². The van der Waals surface area contributed by atoms with E-state index in [1.165, 1.54) is 0 Å². The Balaban J connectivity index is 1.90. The number of carboxylic acid groups (broad SMARTS) is 1. The number of amides is 1. The van der Waals surface area contributed by atoms with Gasteiger partial charge in [-0.2, -0.15) is 0 Å². The molecule has 0 atom stereocenters. The molecule has 0 aromatic heterocycles. The molecule has 1 saturated heterocycles. The number of hydrogen-bond donors (Lipinski definition) is 1. The van der Waals surface area contributed by atoms with Crippen LogP contribution in [0.25, 0.3) is 0 Å². The summed E-state index contributed by atoms with van der Waals surface area (Å²) in [5.74, 6) is -0.638. The predicted octanol–water partition coefficient (Wildman–Crippen LogP) is 4.06. The van der Waals surface area contributed by atoms with E-state index in [0.29, 0.717) is 6.42 Å². The van der Waals surface area contributed by atoms with Gasteiger partial charge in [0.05, 0.1) is 5.41 Å². The Morgan fingerprint density at radius 2 is 1.57 bits per heavy atom. The van der Waals surface area contributed by atoms with Crippen molar-refractivity contribution in [2.24, 2.45) is 10.8 Å². The van der Waals surface area contributed by atoms with E-state index in [1.807, 2.05) is 27.7 Å². The Morgan fingerprint density at radius 1 is 1.04 bits per heavy atom. The number of piperidine rings is 1. The van der Waals surface area contributed by atoms with E-state index in [4.69, 9.17) is 4.74 Å². The fraction of sp³-hybridized carbons (Fsp3) is 0.889. The zero-order chi connectivity index (χ0) is 17.3. The van der Waals surface area contributed by atoms with Crippen LogP contribution in [-0.4, -0.2) is 40.8 Å². The summed E-state index contributed by atoms with van der Waals surface area (Å²) in [7, 11) is 0. The minimum Gasteiger partial charge on any atom is -0.481 e. The van der Waals surface area contributed by atoms with E-state index < -0.39 is 17.0 Å². The molecule has 1 N–H and O–H groups in total. The highest BCUT2D eigenvalue weighted by Crippen LogP contribution is 2.52. The molecule has 0 aromatic carbocycles. The highest BCUT2D eigenvalue weighted by Gasteiger charge is 2.47. The van der Waals surface area contributed by atoms with Gasteiger partial charge >= 0.3 is 12.1 Å². The van der Waals surface area contributed by atoms with Gasteiger partial charge in [0.25, 0.3) is 0 Å². The Labute approximate surface area is 139 Å². The van der Waals surface area contributed by atoms with Gasteiger partial charge in [-0.15, -0.1) is 0 Å². The van der Waals surface area contributed by atoms with Gasteiger partial charge in [0, 0.05) is 13.1 Å². The Hall–Kier alpha value is -1.26. The summed E-state index contributed by atoms with van der Waals surface area (Å²) >= 11 is 0. The van der Waals surface area contributed by atoms with Crippen LogP contribution in [0.4, 0.5) is 4.79 Å². The zero-order valence-electron chi connectivity index (χ0n) is 15.0.